The van der Waals surface area contributed by atoms with Gasteiger partial charge in [-0.15, -0.1) is 10.2 Å². The highest BCUT2D eigenvalue weighted by molar-refractivity contribution is 5.72. The van der Waals surface area contributed by atoms with Crippen molar-refractivity contribution in [1.29, 1.82) is 0 Å². The van der Waals surface area contributed by atoms with E-state index in [2.05, 4.69) is 15.5 Å². The molecule has 6 nitrogen and oxygen atoms in total. The lowest BCUT2D eigenvalue weighted by atomic mass is 10.1. The Balaban J connectivity index is 1.80. The number of nitrogens with zero attached hydrogens (tertiary/aromatic N) is 3. The third kappa shape index (κ3) is 5.45. The predicted octanol–water partition coefficient (Wildman–Crippen LogP) is 2.72. The zero-order valence-electron chi connectivity index (χ0n) is 14.8. The van der Waals surface area contributed by atoms with E-state index in [1.54, 1.807) is 6.33 Å². The lowest BCUT2D eigenvalue weighted by molar-refractivity contribution is -0.159. The molecule has 2 rings (SSSR count). The Labute approximate surface area is 143 Å². The van der Waals surface area contributed by atoms with Gasteiger partial charge < -0.3 is 10.1 Å². The van der Waals surface area contributed by atoms with E-state index in [1.807, 2.05) is 62.6 Å². The lowest BCUT2D eigenvalue weighted by Gasteiger charge is -2.22. The van der Waals surface area contributed by atoms with Gasteiger partial charge in [0.05, 0.1) is 12.5 Å². The minimum absolute atomic E-state index is 0.135. The summed E-state index contributed by atoms with van der Waals surface area (Å²) in [5, 5.41) is 11.4. The Morgan fingerprint density at radius 3 is 2.67 bits per heavy atom. The van der Waals surface area contributed by atoms with Crippen LogP contribution in [0.4, 0.5) is 0 Å². The Bertz CT molecular complexity index is 647. The van der Waals surface area contributed by atoms with Crippen molar-refractivity contribution in [2.45, 2.75) is 46.3 Å². The quantitative estimate of drug-likeness (QED) is 0.624. The van der Waals surface area contributed by atoms with Gasteiger partial charge in [-0.25, -0.2) is 0 Å². The molecule has 1 N–H and O–H groups in total. The summed E-state index contributed by atoms with van der Waals surface area (Å²) in [7, 11) is 0. The molecule has 0 aliphatic heterocycles. The largest absolute Gasteiger partial charge is 0.460 e. The summed E-state index contributed by atoms with van der Waals surface area (Å²) in [6.45, 7) is 8.84. The number of benzene rings is 1. The van der Waals surface area contributed by atoms with Crippen LogP contribution in [0, 0.1) is 5.92 Å². The van der Waals surface area contributed by atoms with Crippen molar-refractivity contribution < 1.29 is 9.53 Å². The number of nitrogens with one attached hydrogen (secondary N) is 1. The topological polar surface area (TPSA) is 69.0 Å². The summed E-state index contributed by atoms with van der Waals surface area (Å²) >= 11 is 0. The number of hydrogen-bond acceptors (Lipinski definition) is 5. The molecule has 0 spiro atoms. The van der Waals surface area contributed by atoms with Crippen molar-refractivity contribution in [3.05, 3.63) is 42.5 Å². The van der Waals surface area contributed by atoms with Gasteiger partial charge in [0.1, 0.15) is 11.9 Å². The van der Waals surface area contributed by atoms with Gasteiger partial charge in [0.2, 0.25) is 0 Å². The molecule has 0 radical (unpaired) electrons. The molecule has 0 bridgehead atoms. The van der Waals surface area contributed by atoms with E-state index < -0.39 is 5.60 Å². The molecule has 0 amide bonds. The molecule has 1 aromatic heterocycles. The maximum atomic E-state index is 11.9. The molecule has 0 saturated carbocycles. The second-order valence-corrected chi connectivity index (χ2v) is 6.85. The van der Waals surface area contributed by atoms with E-state index in [1.165, 1.54) is 0 Å². The number of ether oxygens (including phenoxy) is 1. The van der Waals surface area contributed by atoms with Crippen molar-refractivity contribution in [2.75, 3.05) is 6.54 Å². The fourth-order valence-electron chi connectivity index (χ4n) is 2.22. The predicted molar refractivity (Wildman–Crippen MR) is 92.7 cm³/mol. The highest BCUT2D eigenvalue weighted by Gasteiger charge is 2.21. The summed E-state index contributed by atoms with van der Waals surface area (Å²) in [6.07, 6.45) is 2.42. The standard InChI is InChI=1S/C18H26N4O2/c1-14(17(23)24-18(2,3)4)10-11-19-12-16-21-20-13-22(16)15-8-6-5-7-9-15/h5-9,13-14,19H,10-12H2,1-4H3. The van der Waals surface area contributed by atoms with E-state index >= 15 is 0 Å². The average molecular weight is 330 g/mol. The van der Waals surface area contributed by atoms with Gasteiger partial charge in [-0.1, -0.05) is 25.1 Å². The van der Waals surface area contributed by atoms with Crippen LogP contribution in [-0.4, -0.2) is 32.9 Å². The maximum absolute atomic E-state index is 11.9. The molecule has 0 aliphatic carbocycles. The molecule has 1 aromatic carbocycles. The monoisotopic (exact) mass is 330 g/mol. The van der Waals surface area contributed by atoms with Crippen molar-refractivity contribution in [3.63, 3.8) is 0 Å². The Morgan fingerprint density at radius 1 is 1.29 bits per heavy atom. The van der Waals surface area contributed by atoms with Crippen LogP contribution in [-0.2, 0) is 16.1 Å². The first kappa shape index (κ1) is 18.1. The number of hydrogen-bond donors (Lipinski definition) is 1. The minimum atomic E-state index is -0.440. The van der Waals surface area contributed by atoms with Gasteiger partial charge in [0.25, 0.3) is 0 Å². The molecule has 1 atom stereocenters. The Morgan fingerprint density at radius 2 is 2.00 bits per heavy atom. The van der Waals surface area contributed by atoms with Crippen LogP contribution in [0.3, 0.4) is 0 Å². The van der Waals surface area contributed by atoms with Gasteiger partial charge in [-0.2, -0.15) is 0 Å². The molecule has 130 valence electrons. The fourth-order valence-corrected chi connectivity index (χ4v) is 2.22. The van der Waals surface area contributed by atoms with Crippen LogP contribution in [0.1, 0.15) is 39.9 Å². The number of esters is 1. The Hall–Kier alpha value is -2.21. The van der Waals surface area contributed by atoms with Crippen LogP contribution in [0.25, 0.3) is 5.69 Å². The zero-order valence-corrected chi connectivity index (χ0v) is 14.8. The number of rotatable bonds is 7. The fraction of sp³-hybridized carbons (Fsp3) is 0.500. The molecule has 2 aromatic rings. The third-order valence-corrected chi connectivity index (χ3v) is 3.50. The molecule has 0 saturated heterocycles. The maximum Gasteiger partial charge on any atom is 0.309 e. The summed E-state index contributed by atoms with van der Waals surface area (Å²) in [6, 6.07) is 9.96. The highest BCUT2D eigenvalue weighted by Crippen LogP contribution is 2.13. The zero-order chi connectivity index (χ0) is 17.6. The van der Waals surface area contributed by atoms with E-state index in [0.29, 0.717) is 19.5 Å². The van der Waals surface area contributed by atoms with Crippen LogP contribution in [0.15, 0.2) is 36.7 Å². The molecule has 6 heteroatoms. The first-order chi connectivity index (χ1) is 11.4. The van der Waals surface area contributed by atoms with E-state index in [-0.39, 0.29) is 11.9 Å². The molecular weight excluding hydrogens is 304 g/mol. The first-order valence-electron chi connectivity index (χ1n) is 8.25. The summed E-state index contributed by atoms with van der Waals surface area (Å²) in [5.74, 6) is 0.548. The highest BCUT2D eigenvalue weighted by atomic mass is 16.6. The van der Waals surface area contributed by atoms with Gasteiger partial charge in [-0.3, -0.25) is 9.36 Å². The van der Waals surface area contributed by atoms with Crippen LogP contribution < -0.4 is 5.32 Å². The first-order valence-corrected chi connectivity index (χ1v) is 8.25. The summed E-state index contributed by atoms with van der Waals surface area (Å²) in [5.41, 5.74) is 0.589. The van der Waals surface area contributed by atoms with E-state index in [4.69, 9.17) is 4.74 Å². The number of para-hydroxylation sites is 1. The SMILES string of the molecule is CC(CCNCc1nncn1-c1ccccc1)C(=O)OC(C)(C)C. The third-order valence-electron chi connectivity index (χ3n) is 3.50. The molecule has 0 fully saturated rings. The van der Waals surface area contributed by atoms with Gasteiger partial charge in [0.15, 0.2) is 5.82 Å². The second-order valence-electron chi connectivity index (χ2n) is 6.85. The smallest absolute Gasteiger partial charge is 0.309 e. The molecule has 24 heavy (non-hydrogen) atoms. The average Bonchev–Trinajstić information content (AvgIpc) is 2.99. The van der Waals surface area contributed by atoms with Crippen LogP contribution in [0.2, 0.25) is 0 Å². The molecule has 1 unspecified atom stereocenters. The molecule has 1 heterocycles. The minimum Gasteiger partial charge on any atom is -0.460 e. The van der Waals surface area contributed by atoms with Gasteiger partial charge in [0, 0.05) is 5.69 Å². The second kappa shape index (κ2) is 8.06. The van der Waals surface area contributed by atoms with E-state index in [0.717, 1.165) is 11.5 Å². The van der Waals surface area contributed by atoms with Crippen molar-refractivity contribution in [1.82, 2.24) is 20.1 Å². The van der Waals surface area contributed by atoms with Crippen molar-refractivity contribution >= 4 is 5.97 Å². The molecule has 0 aliphatic rings. The lowest BCUT2D eigenvalue weighted by Crippen LogP contribution is -2.29. The van der Waals surface area contributed by atoms with Crippen molar-refractivity contribution in [2.24, 2.45) is 5.92 Å². The number of carbonyl (C=O) groups is 1. The summed E-state index contributed by atoms with van der Waals surface area (Å²) in [4.78, 5) is 11.9. The Kier molecular flexibility index (Phi) is 6.09. The van der Waals surface area contributed by atoms with Gasteiger partial charge in [-0.05, 0) is 45.9 Å². The van der Waals surface area contributed by atoms with Crippen LogP contribution in [0.5, 0.6) is 0 Å². The number of aromatic nitrogens is 3. The van der Waals surface area contributed by atoms with Crippen molar-refractivity contribution in [3.8, 4) is 5.69 Å². The normalized spacial score (nSPS) is 12.8. The number of carbonyl (C=O) groups excluding carboxylic acids is 1. The van der Waals surface area contributed by atoms with E-state index in [9.17, 15) is 4.79 Å². The van der Waals surface area contributed by atoms with Crippen LogP contribution >= 0.6 is 0 Å². The summed E-state index contributed by atoms with van der Waals surface area (Å²) < 4.78 is 7.33. The molecular formula is C18H26N4O2. The van der Waals surface area contributed by atoms with Gasteiger partial charge >= 0.3 is 5.97 Å².